The lowest BCUT2D eigenvalue weighted by molar-refractivity contribution is 0.102. The number of hydrogen-bond donors (Lipinski definition) is 5. The van der Waals surface area contributed by atoms with Crippen LogP contribution >= 0.6 is 11.3 Å². The second kappa shape index (κ2) is 12.3. The normalized spacial score (nSPS) is 12.3. The van der Waals surface area contributed by atoms with Crippen LogP contribution in [0.4, 0.5) is 21.4 Å². The first-order valence-corrected chi connectivity index (χ1v) is 17.9. The Labute approximate surface area is 270 Å². The van der Waals surface area contributed by atoms with E-state index >= 15 is 0 Å². The van der Waals surface area contributed by atoms with Crippen LogP contribution in [0.1, 0.15) is 15.9 Å². The average Bonchev–Trinajstić information content (AvgIpc) is 3.32. The van der Waals surface area contributed by atoms with Crippen molar-refractivity contribution in [2.45, 2.75) is 14.7 Å². The third-order valence-corrected chi connectivity index (χ3v) is 10.1. The molecule has 0 saturated carbocycles. The molecule has 0 radical (unpaired) electrons. The number of nitriles is 1. The molecule has 5 aromatic rings. The summed E-state index contributed by atoms with van der Waals surface area (Å²) < 4.78 is 102. The van der Waals surface area contributed by atoms with Gasteiger partial charge in [0.1, 0.15) is 25.9 Å². The van der Waals surface area contributed by atoms with Crippen molar-refractivity contribution in [3.63, 3.8) is 0 Å². The first kappa shape index (κ1) is 33.3. The van der Waals surface area contributed by atoms with Crippen molar-refractivity contribution in [2.24, 2.45) is 10.2 Å². The highest BCUT2D eigenvalue weighted by Gasteiger charge is 2.26. The molecule has 0 aliphatic heterocycles. The third kappa shape index (κ3) is 7.03. The van der Waals surface area contributed by atoms with Crippen molar-refractivity contribution in [3.8, 4) is 17.2 Å². The summed E-state index contributed by atoms with van der Waals surface area (Å²) in [4.78, 5) is 9.47. The fraction of sp³-hybridized carbons (Fsp3) is 0. The number of rotatable bonds is 8. The standard InChI is InChI=1S/C28H19N5O10S4/c29-14-22-25(16-7-4-8-17(9-16)31-27(34)15-5-2-1-3-6-15)28(44-26(22)30)33-32-18-10-20-21(23(11-18)46(38,39)40)12-19(45(35,36)37)13-24(20)47(41,42)43/h1-13H,30H2,(H,31,34)(H,35,36,37)(H,38,39,40)(H,41,42,43). The number of nitrogens with two attached hydrogens (primary N) is 1. The van der Waals surface area contributed by atoms with Gasteiger partial charge >= 0.3 is 0 Å². The van der Waals surface area contributed by atoms with Gasteiger partial charge in [0.2, 0.25) is 0 Å². The number of nitrogens with one attached hydrogen (secondary N) is 1. The molecule has 0 saturated heterocycles. The monoisotopic (exact) mass is 713 g/mol. The van der Waals surface area contributed by atoms with Crippen LogP contribution in [-0.4, -0.2) is 44.8 Å². The molecule has 240 valence electrons. The largest absolute Gasteiger partial charge is 0.389 e. The van der Waals surface area contributed by atoms with Crippen molar-refractivity contribution < 1.29 is 43.7 Å². The van der Waals surface area contributed by atoms with Gasteiger partial charge < -0.3 is 11.1 Å². The van der Waals surface area contributed by atoms with Gasteiger partial charge in [-0.3, -0.25) is 18.5 Å². The summed E-state index contributed by atoms with van der Waals surface area (Å²) in [6.07, 6.45) is 0. The fourth-order valence-corrected chi connectivity index (χ4v) is 7.43. The molecule has 0 unspecified atom stereocenters. The summed E-state index contributed by atoms with van der Waals surface area (Å²) in [6, 6.07) is 19.4. The van der Waals surface area contributed by atoms with Gasteiger partial charge in [0.05, 0.1) is 16.1 Å². The topological polar surface area (TPSA) is 267 Å². The smallest absolute Gasteiger partial charge is 0.295 e. The molecule has 1 aromatic heterocycles. The molecule has 19 heteroatoms. The van der Waals surface area contributed by atoms with Crippen LogP contribution in [0.25, 0.3) is 21.9 Å². The number of hydrogen-bond acceptors (Lipinski definition) is 12. The first-order valence-electron chi connectivity index (χ1n) is 12.7. The average molecular weight is 714 g/mol. The Morgan fingerprint density at radius 2 is 1.43 bits per heavy atom. The number of carbonyl (C=O) groups is 1. The molecule has 0 bridgehead atoms. The minimum absolute atomic E-state index is 0.0130. The fourth-order valence-electron chi connectivity index (χ4n) is 4.52. The van der Waals surface area contributed by atoms with Gasteiger partial charge in [-0.05, 0) is 54.1 Å². The van der Waals surface area contributed by atoms with E-state index in [0.717, 1.165) is 23.5 Å². The molecule has 15 nitrogen and oxygen atoms in total. The highest BCUT2D eigenvalue weighted by atomic mass is 32.2. The highest BCUT2D eigenvalue weighted by molar-refractivity contribution is 7.87. The third-order valence-electron chi connectivity index (χ3n) is 6.54. The molecule has 6 N–H and O–H groups in total. The minimum atomic E-state index is -5.24. The summed E-state index contributed by atoms with van der Waals surface area (Å²) in [5.74, 6) is -0.396. The number of amides is 1. The van der Waals surface area contributed by atoms with Crippen molar-refractivity contribution in [2.75, 3.05) is 11.1 Å². The van der Waals surface area contributed by atoms with Gasteiger partial charge in [0.25, 0.3) is 36.3 Å². The highest BCUT2D eigenvalue weighted by Crippen LogP contribution is 2.45. The van der Waals surface area contributed by atoms with E-state index < -0.39 is 67.4 Å². The Kier molecular flexibility index (Phi) is 8.69. The number of anilines is 2. The van der Waals surface area contributed by atoms with Gasteiger partial charge in [0.15, 0.2) is 0 Å². The molecule has 1 heterocycles. The first-order chi connectivity index (χ1) is 22.0. The van der Waals surface area contributed by atoms with E-state index in [1.54, 1.807) is 54.6 Å². The van der Waals surface area contributed by atoms with Gasteiger partial charge in [-0.1, -0.05) is 41.7 Å². The van der Waals surface area contributed by atoms with Crippen LogP contribution in [0.2, 0.25) is 0 Å². The number of nitrogen functional groups attached to an aromatic ring is 1. The van der Waals surface area contributed by atoms with E-state index in [9.17, 15) is 49.0 Å². The maximum Gasteiger partial charge on any atom is 0.295 e. The lowest BCUT2D eigenvalue weighted by Crippen LogP contribution is -2.11. The Bertz CT molecular complexity index is 2510. The Morgan fingerprint density at radius 1 is 0.787 bits per heavy atom. The molecule has 0 aliphatic rings. The number of thiophene rings is 1. The van der Waals surface area contributed by atoms with Gasteiger partial charge in [0, 0.05) is 27.6 Å². The van der Waals surface area contributed by atoms with Crippen molar-refractivity contribution in [1.29, 1.82) is 5.26 Å². The second-order valence-corrected chi connectivity index (χ2v) is 14.9. The number of fused-ring (bicyclic) bond motifs is 1. The zero-order valence-corrected chi connectivity index (χ0v) is 26.5. The van der Waals surface area contributed by atoms with Gasteiger partial charge in [-0.2, -0.15) is 30.5 Å². The van der Waals surface area contributed by atoms with Crippen LogP contribution in [0.3, 0.4) is 0 Å². The summed E-state index contributed by atoms with van der Waals surface area (Å²) >= 11 is 0.831. The van der Waals surface area contributed by atoms with E-state index in [1.165, 1.54) is 0 Å². The molecule has 0 spiro atoms. The van der Waals surface area contributed by atoms with Crippen molar-refractivity contribution in [3.05, 3.63) is 90.0 Å². The minimum Gasteiger partial charge on any atom is -0.389 e. The van der Waals surface area contributed by atoms with Crippen LogP contribution < -0.4 is 11.1 Å². The van der Waals surface area contributed by atoms with E-state index in [4.69, 9.17) is 5.73 Å². The van der Waals surface area contributed by atoms with E-state index in [1.807, 2.05) is 6.07 Å². The predicted octanol–water partition coefficient (Wildman–Crippen LogP) is 5.43. The van der Waals surface area contributed by atoms with E-state index in [2.05, 4.69) is 15.5 Å². The van der Waals surface area contributed by atoms with Gasteiger partial charge in [-0.15, -0.1) is 10.2 Å². The van der Waals surface area contributed by atoms with Crippen molar-refractivity contribution >= 4 is 79.7 Å². The number of carbonyl (C=O) groups excluding carboxylic acids is 1. The van der Waals surface area contributed by atoms with Crippen LogP contribution in [-0.2, 0) is 30.4 Å². The van der Waals surface area contributed by atoms with Gasteiger partial charge in [-0.25, -0.2) is 0 Å². The summed E-state index contributed by atoms with van der Waals surface area (Å²) in [5, 5.41) is 19.5. The molecule has 4 aromatic carbocycles. The Hall–Kier alpha value is -5.07. The van der Waals surface area contributed by atoms with Crippen LogP contribution in [0, 0.1) is 11.3 Å². The molecular formula is C28H19N5O10S4. The molecule has 1 amide bonds. The summed E-state index contributed by atoms with van der Waals surface area (Å²) in [7, 11) is -15.6. The number of azo groups is 1. The van der Waals surface area contributed by atoms with Crippen LogP contribution in [0.5, 0.6) is 0 Å². The Balaban J connectivity index is 1.65. The lowest BCUT2D eigenvalue weighted by atomic mass is 10.0. The maximum atomic E-state index is 12.7. The van der Waals surface area contributed by atoms with Crippen LogP contribution in [0.15, 0.2) is 104 Å². The SMILES string of the molecule is N#Cc1c(N)sc(N=Nc2cc(S(=O)(=O)O)c3cc(S(=O)(=O)O)cc(S(=O)(=O)O)c3c2)c1-c1cccc(NC(=O)c2ccccc2)c1. The molecule has 0 atom stereocenters. The second-order valence-electron chi connectivity index (χ2n) is 9.62. The number of benzene rings is 4. The Morgan fingerprint density at radius 3 is 2.04 bits per heavy atom. The molecular weight excluding hydrogens is 695 g/mol. The zero-order valence-electron chi connectivity index (χ0n) is 23.3. The summed E-state index contributed by atoms with van der Waals surface area (Å²) in [5.41, 5.74) is 7.04. The van der Waals surface area contributed by atoms with E-state index in [0.29, 0.717) is 28.9 Å². The molecule has 0 aliphatic carbocycles. The molecule has 5 rings (SSSR count). The van der Waals surface area contributed by atoms with Crippen molar-refractivity contribution in [1.82, 2.24) is 0 Å². The zero-order chi connectivity index (χ0) is 34.3. The maximum absolute atomic E-state index is 12.7. The molecule has 47 heavy (non-hydrogen) atoms. The quantitative estimate of drug-likeness (QED) is 0.0995. The number of nitrogens with zero attached hydrogens (tertiary/aromatic N) is 3. The molecule has 0 fully saturated rings. The van der Waals surface area contributed by atoms with E-state index in [-0.39, 0.29) is 21.1 Å². The lowest BCUT2D eigenvalue weighted by Gasteiger charge is -2.11. The predicted molar refractivity (Wildman–Crippen MR) is 171 cm³/mol. The summed E-state index contributed by atoms with van der Waals surface area (Å²) in [6.45, 7) is 0.